The molecule has 121 heavy (non-hydrogen) atoms. The van der Waals surface area contributed by atoms with Crippen LogP contribution in [0, 0.1) is 46.3 Å². The smallest absolute Gasteiger partial charge is 0.173 e. The average Bonchev–Trinajstić information content (AvgIpc) is 0.791. The third-order valence-electron chi connectivity index (χ3n) is 14.4. The van der Waals surface area contributed by atoms with Crippen molar-refractivity contribution in [2.75, 3.05) is 52.9 Å². The summed E-state index contributed by atoms with van der Waals surface area (Å²) in [6.07, 6.45) is 24.2. The van der Waals surface area contributed by atoms with Crippen molar-refractivity contribution >= 4 is 57.9 Å². The summed E-state index contributed by atoms with van der Waals surface area (Å²) in [6.45, 7) is 8.73. The number of hydrogen-bond acceptors (Lipinski definition) is 10. The molecule has 0 saturated carbocycles. The van der Waals surface area contributed by atoms with Crippen molar-refractivity contribution in [1.82, 2.24) is 9.97 Å². The number of hydrogen-bond donors (Lipinski definition) is 1. The number of benzene rings is 5. The largest absolute Gasteiger partial charge is 0.491 e. The zero-order chi connectivity index (χ0) is 90.3. The first-order valence-corrected chi connectivity index (χ1v) is 43.3. The molecule has 0 spiro atoms. The van der Waals surface area contributed by atoms with E-state index in [0.29, 0.717) is 63.1 Å². The predicted octanol–water partition coefficient (Wildman–Crippen LogP) is 25.3. The Hall–Kier alpha value is -10.8. The van der Waals surface area contributed by atoms with E-state index in [2.05, 4.69) is 214 Å². The van der Waals surface area contributed by atoms with Crippen LogP contribution in [0.1, 0.15) is 58.4 Å². The van der Waals surface area contributed by atoms with Crippen LogP contribution in [0.3, 0.4) is 0 Å². The first-order chi connectivity index (χ1) is 55.6. The Labute approximate surface area is 684 Å². The first-order valence-electron chi connectivity index (χ1n) is 34.4. The number of aliphatic hydroxyl groups excluding tert-OH is 1. The molecule has 654 valence electrons. The number of aromatic nitrogens is 6. The minimum absolute atomic E-state index is 0.00963. The van der Waals surface area contributed by atoms with Crippen molar-refractivity contribution in [2.24, 2.45) is 0 Å². The van der Waals surface area contributed by atoms with Gasteiger partial charge in [0.05, 0.1) is 56.3 Å². The number of aliphatic hydroxyl groups is 1. The molecule has 0 aliphatic carbocycles. The zero-order valence-corrected chi connectivity index (χ0v) is 68.0. The first kappa shape index (κ1) is 101. The molecule has 0 unspecified atom stereocenters. The molecule has 43 heteroatoms. The molecule has 1 N–H and O–H groups in total. The molecule has 6 aromatic heterocycles. The SMILES string of the molecule is CC#N.CC#N.F[P-](F)(F)(F)(F)F.F[P-](F)(F)(F)(F)F.F[P-](F)(F)(F)(F)F.F[P-](F)(F)(F)(F)F.OCCOCCOc1cccc2c(OCCOCCOc3c(C#Cc4ccncc4)cc(Br)cc3C#Cc3ccncc3)cccc12.c1cc2ccc1C[n+]1ccc(cc1)-c1cc[n+](cc1)Cc1ccc(cc1)C[n+]1ccc(cc1)-c1cc[n+](cc1)C2. The van der Waals surface area contributed by atoms with Crippen molar-refractivity contribution < 1.29 is 148 Å². The van der Waals surface area contributed by atoms with E-state index in [1.54, 1.807) is 36.9 Å². The summed E-state index contributed by atoms with van der Waals surface area (Å²) in [5.74, 6) is 14.9. The quantitative estimate of drug-likeness (QED) is 0.0366. The second-order valence-electron chi connectivity index (χ2n) is 24.9. The molecular weight excluding hydrogens is 1800 g/mol. The number of nitrogens with zero attached hydrogens (tertiary/aromatic N) is 8. The summed E-state index contributed by atoms with van der Waals surface area (Å²) in [5.41, 5.74) is 13.2. The minimum atomic E-state index is -10.7. The number of ether oxygens (including phenoxy) is 5. The molecule has 16 aliphatic heterocycles. The molecule has 14 nitrogen and oxygen atoms in total. The van der Waals surface area contributed by atoms with Crippen molar-refractivity contribution in [3.05, 3.63) is 293 Å². The molecule has 0 saturated heterocycles. The van der Waals surface area contributed by atoms with Gasteiger partial charge in [-0.3, -0.25) is 9.97 Å². The van der Waals surface area contributed by atoms with Gasteiger partial charge in [0.15, 0.2) is 81.5 Å². The summed E-state index contributed by atoms with van der Waals surface area (Å²) >= 11 is 3.60. The molecular formula is C78H71BrF24N8O6P4. The molecule has 0 amide bonds. The second kappa shape index (κ2) is 39.3. The summed E-state index contributed by atoms with van der Waals surface area (Å²) < 4.78 is 276. The Balaban J connectivity index is 0.000000313. The third-order valence-corrected chi connectivity index (χ3v) is 14.8. The third kappa shape index (κ3) is 51.4. The maximum Gasteiger partial charge on any atom is 0.173 e. The van der Waals surface area contributed by atoms with Gasteiger partial charge in [0.25, 0.3) is 0 Å². The van der Waals surface area contributed by atoms with E-state index in [4.69, 9.17) is 39.3 Å². The fraction of sp³-hybridized carbons (Fsp3) is 0.179. The number of rotatable bonds is 14. The molecule has 16 aliphatic rings. The van der Waals surface area contributed by atoms with E-state index in [9.17, 15) is 101 Å². The number of halogens is 25. The van der Waals surface area contributed by atoms with Crippen LogP contribution < -0.4 is 32.5 Å². The average molecular weight is 1880 g/mol. The molecule has 22 heterocycles. The van der Waals surface area contributed by atoms with Crippen LogP contribution in [0.2, 0.25) is 0 Å². The molecule has 0 fully saturated rings. The van der Waals surface area contributed by atoms with Gasteiger partial charge >= 0.3 is 132 Å². The summed E-state index contributed by atoms with van der Waals surface area (Å²) in [6, 6.07) is 62.0. The number of fused-ring (bicyclic) bond motifs is 1. The Kier molecular flexibility index (Phi) is 32.8. The van der Waals surface area contributed by atoms with Crippen LogP contribution in [0.15, 0.2) is 249 Å². The molecule has 0 atom stereocenters. The van der Waals surface area contributed by atoms with Crippen LogP contribution in [0.4, 0.5) is 101 Å². The monoisotopic (exact) mass is 1870 g/mol. The topological polar surface area (TPSA) is 155 Å². The Morgan fingerprint density at radius 3 is 0.835 bits per heavy atom. The van der Waals surface area contributed by atoms with E-state index in [-0.39, 0.29) is 6.61 Å². The van der Waals surface area contributed by atoms with Crippen LogP contribution >= 0.6 is 47.2 Å². The number of nitriles is 2. The molecule has 5 aromatic carbocycles. The number of pyridine rings is 6. The van der Waals surface area contributed by atoms with Gasteiger partial charge in [0, 0.05) is 136 Å². The van der Waals surface area contributed by atoms with E-state index in [0.717, 1.165) is 64.1 Å². The van der Waals surface area contributed by atoms with Gasteiger partial charge < -0.3 is 28.8 Å². The standard InChI is InChI=1S/C38H33BrN2O6.C36H32N4.2C2H3N.4F6P/c39-33-27-31(9-7-29-11-15-40-16-12-29)38(32(28-33)10-8-30-13-17-41-18-14-30)47-26-23-44-22-25-46-37-6-2-3-34-35(37)4-1-5-36(34)45-24-21-43-20-19-42;1-2-30-4-3-29(1)25-37-17-9-33(10-18-37)35-13-21-39(22-14-35)27-31-5-7-32(8-6-31)28-40-23-15-36(16-24-40)34-11-19-38(26-30)20-12-34;2*1-2-3;4*1-7(2,3,4,5)6/h1-6,11-18,27-28,42H,19-26H2;1-24H,25-28H2;2*1H3;;;;/q;+4;;;4*-1. The van der Waals surface area contributed by atoms with Gasteiger partial charge in [-0.1, -0.05) is 112 Å². The van der Waals surface area contributed by atoms with Gasteiger partial charge in [-0.25, -0.2) is 18.3 Å². The van der Waals surface area contributed by atoms with Crippen molar-refractivity contribution in [1.29, 1.82) is 10.5 Å². The summed E-state index contributed by atoms with van der Waals surface area (Å²) in [4.78, 5) is 8.12. The van der Waals surface area contributed by atoms with E-state index >= 15 is 0 Å². The van der Waals surface area contributed by atoms with E-state index in [1.807, 2.05) is 72.8 Å². The van der Waals surface area contributed by atoms with Gasteiger partial charge in [-0.05, 0) is 70.8 Å². The summed E-state index contributed by atoms with van der Waals surface area (Å²) in [5, 5.41) is 25.4. The maximum absolute atomic E-state index is 10.7. The van der Waals surface area contributed by atoms with E-state index < -0.39 is 31.2 Å². The minimum Gasteiger partial charge on any atom is -0.491 e. The predicted molar refractivity (Wildman–Crippen MR) is 414 cm³/mol. The van der Waals surface area contributed by atoms with Gasteiger partial charge in [-0.2, -0.15) is 10.5 Å². The van der Waals surface area contributed by atoms with Crippen LogP contribution in [-0.4, -0.2) is 67.9 Å². The molecule has 0 radical (unpaired) electrons. The van der Waals surface area contributed by atoms with Crippen molar-refractivity contribution in [3.8, 4) is 75.3 Å². The fourth-order valence-electron chi connectivity index (χ4n) is 9.84. The Morgan fingerprint density at radius 1 is 0.347 bits per heavy atom. The van der Waals surface area contributed by atoms with Crippen LogP contribution in [-0.2, 0) is 35.7 Å². The van der Waals surface area contributed by atoms with Crippen LogP contribution in [0.25, 0.3) is 33.0 Å². The van der Waals surface area contributed by atoms with Gasteiger partial charge in [-0.15, -0.1) is 0 Å². The van der Waals surface area contributed by atoms with Gasteiger partial charge in [0.2, 0.25) is 0 Å². The molecule has 27 rings (SSSR count). The molecule has 12 bridgehead atoms. The van der Waals surface area contributed by atoms with Crippen molar-refractivity contribution in [2.45, 2.75) is 40.0 Å². The normalized spacial score (nSPS) is 13.7. The van der Waals surface area contributed by atoms with E-state index in [1.165, 1.54) is 58.4 Å². The van der Waals surface area contributed by atoms with Crippen molar-refractivity contribution in [3.63, 3.8) is 0 Å². The van der Waals surface area contributed by atoms with Crippen LogP contribution in [0.5, 0.6) is 17.2 Å². The Morgan fingerprint density at radius 2 is 0.587 bits per heavy atom. The zero-order valence-electron chi connectivity index (χ0n) is 62.9. The molecule has 11 aromatic rings. The van der Waals surface area contributed by atoms with Gasteiger partial charge in [0.1, 0.15) is 31.3 Å². The Bertz CT molecular complexity index is 4920. The summed E-state index contributed by atoms with van der Waals surface area (Å²) in [7, 11) is -42.6. The fourth-order valence-corrected chi connectivity index (χ4v) is 10.3. The maximum atomic E-state index is 9.87. The second-order valence-corrected chi connectivity index (χ2v) is 33.4.